The Morgan fingerprint density at radius 1 is 1.28 bits per heavy atom. The van der Waals surface area contributed by atoms with E-state index < -0.39 is 23.5 Å². The Bertz CT molecular complexity index is 1510. The third kappa shape index (κ3) is 4.85. The summed E-state index contributed by atoms with van der Waals surface area (Å²) in [4.78, 5) is 34.6. The van der Waals surface area contributed by atoms with Gasteiger partial charge in [0.1, 0.15) is 5.82 Å². The maximum absolute atomic E-state index is 14.6. The molecule has 0 aliphatic carbocycles. The predicted molar refractivity (Wildman–Crippen MR) is 149 cm³/mol. The Morgan fingerprint density at radius 2 is 1.97 bits per heavy atom. The van der Waals surface area contributed by atoms with Crippen molar-refractivity contribution >= 4 is 57.3 Å². The first-order valence-corrected chi connectivity index (χ1v) is 14.5. The monoisotopic (exact) mass is 598 g/mol. The van der Waals surface area contributed by atoms with Gasteiger partial charge in [-0.3, -0.25) is 9.36 Å². The predicted octanol–water partition coefficient (Wildman–Crippen LogP) is 5.70. The van der Waals surface area contributed by atoms with E-state index in [1.165, 1.54) is 35.6 Å². The molecule has 1 saturated heterocycles. The van der Waals surface area contributed by atoms with E-state index in [1.54, 1.807) is 15.2 Å². The highest BCUT2D eigenvalue weighted by Gasteiger charge is 2.40. The average molecular weight is 599 g/mol. The molecule has 3 atom stereocenters. The van der Waals surface area contributed by atoms with Crippen molar-refractivity contribution in [3.8, 4) is 10.4 Å². The van der Waals surface area contributed by atoms with Gasteiger partial charge in [0.15, 0.2) is 0 Å². The van der Waals surface area contributed by atoms with Crippen LogP contribution in [0.25, 0.3) is 21.3 Å². The number of piperazine rings is 1. The van der Waals surface area contributed by atoms with Crippen molar-refractivity contribution in [2.75, 3.05) is 37.5 Å². The SMILES string of the molecule is C=CC(=O)N1C(C)CN(c2nc(=O)n3c4c(c(-c5cc(Cl)cs5)c(C(F)(F)F)cc24)SCC3COC)CC1C. The third-order valence-electron chi connectivity index (χ3n) is 7.06. The molecule has 4 heterocycles. The summed E-state index contributed by atoms with van der Waals surface area (Å²) in [7, 11) is 1.52. The number of halogens is 4. The molecule has 39 heavy (non-hydrogen) atoms. The second-order valence-electron chi connectivity index (χ2n) is 9.71. The fraction of sp³-hybridized carbons (Fsp3) is 0.423. The van der Waals surface area contributed by atoms with Gasteiger partial charge >= 0.3 is 11.9 Å². The molecule has 0 radical (unpaired) electrons. The summed E-state index contributed by atoms with van der Waals surface area (Å²) in [5.41, 5.74) is -0.945. The van der Waals surface area contributed by atoms with Gasteiger partial charge in [-0.25, -0.2) is 4.79 Å². The van der Waals surface area contributed by atoms with Gasteiger partial charge < -0.3 is 14.5 Å². The molecule has 1 aromatic carbocycles. The number of ether oxygens (including phenoxy) is 1. The van der Waals surface area contributed by atoms with Crippen LogP contribution in [0, 0.1) is 0 Å². The van der Waals surface area contributed by atoms with Crippen molar-refractivity contribution in [3.63, 3.8) is 0 Å². The van der Waals surface area contributed by atoms with Crippen LogP contribution in [0.4, 0.5) is 19.0 Å². The molecule has 3 unspecified atom stereocenters. The number of methoxy groups -OCH3 is 1. The molecule has 2 aromatic heterocycles. The summed E-state index contributed by atoms with van der Waals surface area (Å²) in [6, 6.07) is 1.66. The van der Waals surface area contributed by atoms with Crippen molar-refractivity contribution in [1.82, 2.24) is 14.5 Å². The van der Waals surface area contributed by atoms with Crippen LogP contribution >= 0.6 is 34.7 Å². The highest BCUT2D eigenvalue weighted by Crippen LogP contribution is 2.51. The maximum Gasteiger partial charge on any atom is 0.417 e. The van der Waals surface area contributed by atoms with Crippen molar-refractivity contribution < 1.29 is 22.7 Å². The summed E-state index contributed by atoms with van der Waals surface area (Å²) < 4.78 is 50.7. The number of hydrogen-bond acceptors (Lipinski definition) is 7. The molecular weight excluding hydrogens is 573 g/mol. The summed E-state index contributed by atoms with van der Waals surface area (Å²) in [6.07, 6.45) is -3.43. The van der Waals surface area contributed by atoms with Crippen molar-refractivity contribution in [2.45, 2.75) is 43.0 Å². The van der Waals surface area contributed by atoms with E-state index in [-0.39, 0.29) is 41.4 Å². The van der Waals surface area contributed by atoms with E-state index in [0.717, 1.165) is 17.4 Å². The normalized spacial score (nSPS) is 21.5. The summed E-state index contributed by atoms with van der Waals surface area (Å²) in [6.45, 7) is 8.08. The Hall–Kier alpha value is -2.54. The van der Waals surface area contributed by atoms with E-state index in [1.807, 2.05) is 13.8 Å². The molecule has 0 saturated carbocycles. The van der Waals surface area contributed by atoms with E-state index in [2.05, 4.69) is 11.6 Å². The fourth-order valence-electron chi connectivity index (χ4n) is 5.60. The minimum atomic E-state index is -4.67. The minimum Gasteiger partial charge on any atom is -0.383 e. The van der Waals surface area contributed by atoms with E-state index in [4.69, 9.17) is 16.3 Å². The zero-order valence-electron chi connectivity index (χ0n) is 21.4. The molecule has 2 aliphatic heterocycles. The molecule has 208 valence electrons. The number of anilines is 1. The van der Waals surface area contributed by atoms with Gasteiger partial charge in [0.05, 0.1) is 28.8 Å². The van der Waals surface area contributed by atoms with Crippen LogP contribution in [0.15, 0.2) is 39.9 Å². The zero-order valence-corrected chi connectivity index (χ0v) is 23.8. The Kier molecular flexibility index (Phi) is 7.51. The molecule has 0 spiro atoms. The van der Waals surface area contributed by atoms with Crippen LogP contribution in [0.3, 0.4) is 0 Å². The van der Waals surface area contributed by atoms with Gasteiger partial charge in [-0.05, 0) is 32.1 Å². The standard InChI is InChI=1S/C26H26ClF3N4O3S2/c1-5-20(35)33-13(2)8-32(9-14(33)3)24-17-7-18(26(28,29)30)21(19-6-15(27)11-38-19)23-22(17)34(25(36)31-24)16(10-37-4)12-39-23/h5-7,11,13-14,16H,1,8-10,12H2,2-4H3. The lowest BCUT2D eigenvalue weighted by molar-refractivity contribution is -0.137. The van der Waals surface area contributed by atoms with Crippen LogP contribution in [0.5, 0.6) is 0 Å². The molecule has 3 aromatic rings. The van der Waals surface area contributed by atoms with Crippen LogP contribution in [-0.4, -0.2) is 65.0 Å². The Labute approximate surface area is 236 Å². The quantitative estimate of drug-likeness (QED) is 0.351. The van der Waals surface area contributed by atoms with Gasteiger partial charge in [0, 0.05) is 64.1 Å². The molecule has 5 rings (SSSR count). The zero-order chi connectivity index (χ0) is 28.2. The van der Waals surface area contributed by atoms with Crippen LogP contribution < -0.4 is 10.6 Å². The second kappa shape index (κ2) is 10.5. The number of rotatable bonds is 5. The van der Waals surface area contributed by atoms with Gasteiger partial charge in [-0.15, -0.1) is 23.1 Å². The molecule has 0 N–H and O–H groups in total. The van der Waals surface area contributed by atoms with Crippen LogP contribution in [0.2, 0.25) is 5.02 Å². The largest absolute Gasteiger partial charge is 0.417 e. The fourth-order valence-corrected chi connectivity index (χ4v) is 8.11. The molecule has 7 nitrogen and oxygen atoms in total. The number of thioether (sulfide) groups is 1. The Morgan fingerprint density at radius 3 is 2.54 bits per heavy atom. The molecule has 2 aliphatic rings. The van der Waals surface area contributed by atoms with Gasteiger partial charge in [0.25, 0.3) is 0 Å². The molecular formula is C26H26ClF3N4O3S2. The number of aromatic nitrogens is 2. The number of hydrogen-bond donors (Lipinski definition) is 0. The Balaban J connectivity index is 1.80. The van der Waals surface area contributed by atoms with Crippen molar-refractivity contribution in [2.24, 2.45) is 0 Å². The van der Waals surface area contributed by atoms with Crippen molar-refractivity contribution in [1.29, 1.82) is 0 Å². The van der Waals surface area contributed by atoms with E-state index in [9.17, 15) is 22.8 Å². The summed E-state index contributed by atoms with van der Waals surface area (Å²) >= 11 is 8.53. The van der Waals surface area contributed by atoms with Crippen LogP contribution in [0.1, 0.15) is 25.5 Å². The smallest absolute Gasteiger partial charge is 0.383 e. The number of alkyl halides is 3. The topological polar surface area (TPSA) is 67.7 Å². The number of benzene rings is 1. The van der Waals surface area contributed by atoms with Crippen LogP contribution in [-0.2, 0) is 15.7 Å². The molecule has 0 bridgehead atoms. The van der Waals surface area contributed by atoms with Crippen molar-refractivity contribution in [3.05, 3.63) is 51.2 Å². The van der Waals surface area contributed by atoms with Gasteiger partial charge in [-0.1, -0.05) is 18.2 Å². The molecule has 1 fully saturated rings. The number of carbonyl (C=O) groups excluding carboxylic acids is 1. The lowest BCUT2D eigenvalue weighted by Crippen LogP contribution is -2.58. The highest BCUT2D eigenvalue weighted by atomic mass is 35.5. The number of amides is 1. The first kappa shape index (κ1) is 28.0. The lowest BCUT2D eigenvalue weighted by Gasteiger charge is -2.45. The van der Waals surface area contributed by atoms with E-state index in [0.29, 0.717) is 39.2 Å². The number of nitrogens with zero attached hydrogens (tertiary/aromatic N) is 4. The third-order valence-corrected chi connectivity index (χ3v) is 9.59. The molecule has 1 amide bonds. The highest BCUT2D eigenvalue weighted by molar-refractivity contribution is 7.99. The minimum absolute atomic E-state index is 0.0150. The molecule has 13 heteroatoms. The first-order chi connectivity index (χ1) is 18.5. The summed E-state index contributed by atoms with van der Waals surface area (Å²) in [5, 5.41) is 2.17. The van der Waals surface area contributed by atoms with Gasteiger partial charge in [0.2, 0.25) is 5.91 Å². The first-order valence-electron chi connectivity index (χ1n) is 12.2. The summed E-state index contributed by atoms with van der Waals surface area (Å²) in [5.74, 6) is 0.301. The van der Waals surface area contributed by atoms with Gasteiger partial charge in [-0.2, -0.15) is 18.2 Å². The average Bonchev–Trinajstić information content (AvgIpc) is 3.30. The number of thiophene rings is 1. The maximum atomic E-state index is 14.6. The second-order valence-corrected chi connectivity index (χ2v) is 12.1. The lowest BCUT2D eigenvalue weighted by atomic mass is 10.00. The van der Waals surface area contributed by atoms with E-state index >= 15 is 0 Å². The number of carbonyl (C=O) groups is 1.